The van der Waals surface area contributed by atoms with Crippen molar-refractivity contribution in [3.63, 3.8) is 0 Å². The number of nitrogens with one attached hydrogen (secondary N) is 1. The summed E-state index contributed by atoms with van der Waals surface area (Å²) in [6, 6.07) is 7.74. The molecule has 6 heteroatoms. The quantitative estimate of drug-likeness (QED) is 0.832. The summed E-state index contributed by atoms with van der Waals surface area (Å²) in [6.07, 6.45) is 3.03. The van der Waals surface area contributed by atoms with Crippen LogP contribution in [-0.2, 0) is 20.4 Å². The summed E-state index contributed by atoms with van der Waals surface area (Å²) in [6.45, 7) is 3.39. The number of hydrogen-bond donors (Lipinski definition) is 2. The number of benzene rings is 1. The molecule has 1 saturated carbocycles. The molecule has 1 aromatic rings. The number of hydrogen-bond acceptors (Lipinski definition) is 4. The van der Waals surface area contributed by atoms with Crippen LogP contribution in [0, 0.1) is 5.92 Å². The van der Waals surface area contributed by atoms with Crippen molar-refractivity contribution >= 4 is 21.5 Å². The van der Waals surface area contributed by atoms with Gasteiger partial charge in [-0.3, -0.25) is 4.79 Å². The van der Waals surface area contributed by atoms with E-state index in [1.165, 1.54) is 0 Å². The second kappa shape index (κ2) is 7.34. The van der Waals surface area contributed by atoms with Crippen LogP contribution in [0.3, 0.4) is 0 Å². The molecule has 0 spiro atoms. The molecular weight excluding hydrogens is 314 g/mol. The Morgan fingerprint density at radius 3 is 2.48 bits per heavy atom. The molecule has 5 nitrogen and oxygen atoms in total. The molecule has 0 aromatic heterocycles. The highest BCUT2D eigenvalue weighted by atomic mass is 32.2. The molecule has 0 radical (unpaired) electrons. The number of carbonyl (C=O) groups is 1. The molecule has 0 bridgehead atoms. The van der Waals surface area contributed by atoms with Gasteiger partial charge in [0.25, 0.3) is 0 Å². The van der Waals surface area contributed by atoms with Gasteiger partial charge in [0.1, 0.15) is 0 Å². The predicted octanol–water partition coefficient (Wildman–Crippen LogP) is 3.07. The molecule has 0 saturated heterocycles. The monoisotopic (exact) mass is 339 g/mol. The molecule has 0 amide bonds. The lowest BCUT2D eigenvalue weighted by Crippen LogP contribution is -2.29. The average Bonchev–Trinajstić information content (AvgIpc) is 2.47. The van der Waals surface area contributed by atoms with Crippen LogP contribution in [0.4, 0.5) is 5.69 Å². The van der Waals surface area contributed by atoms with Crippen LogP contribution in [0.1, 0.15) is 45.1 Å². The van der Waals surface area contributed by atoms with E-state index >= 15 is 0 Å². The fraction of sp³-hybridized carbons (Fsp3) is 0.588. The number of rotatable bonds is 6. The van der Waals surface area contributed by atoms with E-state index in [-0.39, 0.29) is 23.0 Å². The van der Waals surface area contributed by atoms with Crippen molar-refractivity contribution in [2.24, 2.45) is 5.92 Å². The summed E-state index contributed by atoms with van der Waals surface area (Å²) in [5, 5.41) is 12.1. The SMILES string of the molecule is CC(C)S(=O)(=O)Cc1cccc(NC2CCC(C(=O)O)CC2)c1. The van der Waals surface area contributed by atoms with Gasteiger partial charge in [0.15, 0.2) is 9.84 Å². The van der Waals surface area contributed by atoms with Crippen molar-refractivity contribution in [3.8, 4) is 0 Å². The summed E-state index contributed by atoms with van der Waals surface area (Å²) in [5.74, 6) is -0.883. The van der Waals surface area contributed by atoms with E-state index in [0.29, 0.717) is 12.8 Å². The van der Waals surface area contributed by atoms with Gasteiger partial charge in [-0.25, -0.2) is 8.42 Å². The first kappa shape index (κ1) is 17.8. The van der Waals surface area contributed by atoms with E-state index in [2.05, 4.69) is 5.32 Å². The highest BCUT2D eigenvalue weighted by Crippen LogP contribution is 2.27. The predicted molar refractivity (Wildman–Crippen MR) is 91.2 cm³/mol. The second-order valence-electron chi connectivity index (χ2n) is 6.59. The van der Waals surface area contributed by atoms with Gasteiger partial charge in [-0.1, -0.05) is 12.1 Å². The lowest BCUT2D eigenvalue weighted by Gasteiger charge is -2.27. The molecule has 1 aliphatic carbocycles. The van der Waals surface area contributed by atoms with Gasteiger partial charge in [-0.2, -0.15) is 0 Å². The van der Waals surface area contributed by atoms with Gasteiger partial charge in [-0.05, 0) is 57.2 Å². The number of carboxylic acid groups (broad SMARTS) is 1. The van der Waals surface area contributed by atoms with Crippen LogP contribution in [0.15, 0.2) is 24.3 Å². The van der Waals surface area contributed by atoms with Crippen molar-refractivity contribution in [1.82, 2.24) is 0 Å². The van der Waals surface area contributed by atoms with Gasteiger partial charge >= 0.3 is 5.97 Å². The molecule has 2 rings (SSSR count). The fourth-order valence-electron chi connectivity index (χ4n) is 2.87. The molecule has 0 heterocycles. The zero-order chi connectivity index (χ0) is 17.0. The van der Waals surface area contributed by atoms with Crippen molar-refractivity contribution < 1.29 is 18.3 Å². The van der Waals surface area contributed by atoms with Gasteiger partial charge < -0.3 is 10.4 Å². The van der Waals surface area contributed by atoms with E-state index in [1.807, 2.05) is 24.3 Å². The van der Waals surface area contributed by atoms with E-state index in [4.69, 9.17) is 5.11 Å². The Balaban J connectivity index is 1.97. The fourth-order valence-corrected chi connectivity index (χ4v) is 3.85. The van der Waals surface area contributed by atoms with Gasteiger partial charge in [-0.15, -0.1) is 0 Å². The average molecular weight is 339 g/mol. The molecule has 1 aromatic carbocycles. The lowest BCUT2D eigenvalue weighted by molar-refractivity contribution is -0.142. The Hall–Kier alpha value is -1.56. The first-order chi connectivity index (χ1) is 10.8. The van der Waals surface area contributed by atoms with Crippen LogP contribution < -0.4 is 5.32 Å². The van der Waals surface area contributed by atoms with Gasteiger partial charge in [0, 0.05) is 11.7 Å². The van der Waals surface area contributed by atoms with Crippen LogP contribution in [-0.4, -0.2) is 30.8 Å². The minimum absolute atomic E-state index is 0.0476. The standard InChI is InChI=1S/C17H25NO4S/c1-12(2)23(21,22)11-13-4-3-5-16(10-13)18-15-8-6-14(7-9-15)17(19)20/h3-5,10,12,14-15,18H,6-9,11H2,1-2H3,(H,19,20). The molecule has 128 valence electrons. The summed E-state index contributed by atoms with van der Waals surface area (Å²) in [7, 11) is -3.11. The molecule has 23 heavy (non-hydrogen) atoms. The summed E-state index contributed by atoms with van der Waals surface area (Å²) >= 11 is 0. The van der Waals surface area contributed by atoms with E-state index < -0.39 is 15.8 Å². The Morgan fingerprint density at radius 1 is 1.26 bits per heavy atom. The third-order valence-electron chi connectivity index (χ3n) is 4.46. The minimum Gasteiger partial charge on any atom is -0.481 e. The maximum absolute atomic E-state index is 12.0. The number of aliphatic carboxylic acids is 1. The molecular formula is C17H25NO4S. The van der Waals surface area contributed by atoms with Crippen molar-refractivity contribution in [3.05, 3.63) is 29.8 Å². The normalized spacial score (nSPS) is 22.0. The number of anilines is 1. The summed E-state index contributed by atoms with van der Waals surface area (Å²) in [4.78, 5) is 11.0. The Labute approximate surface area is 138 Å². The van der Waals surface area contributed by atoms with E-state index in [0.717, 1.165) is 24.1 Å². The van der Waals surface area contributed by atoms with Gasteiger partial charge in [0.05, 0.1) is 16.9 Å². The largest absolute Gasteiger partial charge is 0.481 e. The first-order valence-electron chi connectivity index (χ1n) is 8.08. The highest BCUT2D eigenvalue weighted by Gasteiger charge is 2.25. The third kappa shape index (κ3) is 4.96. The van der Waals surface area contributed by atoms with Crippen molar-refractivity contribution in [1.29, 1.82) is 0 Å². The van der Waals surface area contributed by atoms with E-state index in [1.54, 1.807) is 13.8 Å². The zero-order valence-corrected chi connectivity index (χ0v) is 14.5. The van der Waals surface area contributed by atoms with Crippen molar-refractivity contribution in [2.75, 3.05) is 5.32 Å². The molecule has 0 aliphatic heterocycles. The summed E-state index contributed by atoms with van der Waals surface area (Å²) in [5.41, 5.74) is 1.68. The van der Waals surface area contributed by atoms with Crippen molar-refractivity contribution in [2.45, 2.75) is 56.6 Å². The Kier molecular flexibility index (Phi) is 5.68. The molecule has 1 fully saturated rings. The van der Waals surface area contributed by atoms with Gasteiger partial charge in [0.2, 0.25) is 0 Å². The van der Waals surface area contributed by atoms with E-state index in [9.17, 15) is 13.2 Å². The molecule has 0 unspecified atom stereocenters. The minimum atomic E-state index is -3.11. The third-order valence-corrected chi connectivity index (χ3v) is 6.63. The molecule has 2 N–H and O–H groups in total. The van der Waals surface area contributed by atoms with Crippen LogP contribution in [0.2, 0.25) is 0 Å². The maximum atomic E-state index is 12.0. The van der Waals surface area contributed by atoms with Crippen LogP contribution in [0.5, 0.6) is 0 Å². The molecule has 1 aliphatic rings. The number of sulfone groups is 1. The number of carboxylic acids is 1. The highest BCUT2D eigenvalue weighted by molar-refractivity contribution is 7.91. The smallest absolute Gasteiger partial charge is 0.306 e. The molecule has 0 atom stereocenters. The first-order valence-corrected chi connectivity index (χ1v) is 9.79. The topological polar surface area (TPSA) is 83.5 Å². The van der Waals surface area contributed by atoms with Crippen LogP contribution >= 0.6 is 0 Å². The Morgan fingerprint density at radius 2 is 1.91 bits per heavy atom. The second-order valence-corrected chi connectivity index (χ2v) is 9.14. The zero-order valence-electron chi connectivity index (χ0n) is 13.7. The summed E-state index contributed by atoms with van der Waals surface area (Å²) < 4.78 is 24.0. The lowest BCUT2D eigenvalue weighted by atomic mass is 9.86. The van der Waals surface area contributed by atoms with Crippen LogP contribution in [0.25, 0.3) is 0 Å². The maximum Gasteiger partial charge on any atom is 0.306 e. The Bertz CT molecular complexity index is 646.